The fraction of sp³-hybridized carbons (Fsp3) is 0.200. The van der Waals surface area contributed by atoms with Gasteiger partial charge in [0, 0.05) is 40.1 Å². The van der Waals surface area contributed by atoms with Gasteiger partial charge in [0.15, 0.2) is 5.78 Å². The molecule has 3 aromatic rings. The van der Waals surface area contributed by atoms with Crippen molar-refractivity contribution in [2.75, 3.05) is 6.26 Å². The molecule has 1 aliphatic carbocycles. The second kappa shape index (κ2) is 8.98. The number of ketones is 1. The third kappa shape index (κ3) is 4.56. The zero-order valence-electron chi connectivity index (χ0n) is 18.6. The van der Waals surface area contributed by atoms with Crippen molar-refractivity contribution in [3.8, 4) is 0 Å². The zero-order chi connectivity index (χ0) is 24.6. The molecule has 0 unspecified atom stereocenters. The maximum atomic E-state index is 14.6. The summed E-state index contributed by atoms with van der Waals surface area (Å²) >= 11 is 0. The lowest BCUT2D eigenvalue weighted by Gasteiger charge is -2.14. The van der Waals surface area contributed by atoms with Crippen LogP contribution in [0.2, 0.25) is 0 Å². The van der Waals surface area contributed by atoms with Crippen molar-refractivity contribution in [3.63, 3.8) is 0 Å². The number of carbonyl (C=O) groups is 2. The lowest BCUT2D eigenvalue weighted by atomic mass is 9.93. The van der Waals surface area contributed by atoms with E-state index in [4.69, 9.17) is 0 Å². The maximum Gasteiger partial charge on any atom is 0.282 e. The topological polar surface area (TPSA) is 85.2 Å². The van der Waals surface area contributed by atoms with Crippen LogP contribution >= 0.6 is 0 Å². The summed E-state index contributed by atoms with van der Waals surface area (Å²) in [5.41, 5.74) is 2.00. The number of aryl methyl sites for hydroxylation is 1. The second-order valence-corrected chi connectivity index (χ2v) is 9.84. The zero-order valence-corrected chi connectivity index (χ0v) is 19.4. The summed E-state index contributed by atoms with van der Waals surface area (Å²) in [6.45, 7) is 1.77. The Hall–Kier alpha value is -3.59. The molecule has 1 amide bonds. The fourth-order valence-electron chi connectivity index (χ4n) is 4.10. The van der Waals surface area contributed by atoms with Crippen molar-refractivity contribution in [3.05, 3.63) is 88.6 Å². The first-order valence-corrected chi connectivity index (χ1v) is 12.5. The smallest absolute Gasteiger partial charge is 0.282 e. The Morgan fingerprint density at radius 1 is 1.15 bits per heavy atom. The molecule has 176 valence electrons. The molecule has 0 spiro atoms. The number of fused-ring (bicyclic) bond motifs is 1. The molecule has 9 heteroatoms. The van der Waals surface area contributed by atoms with E-state index in [1.165, 1.54) is 10.6 Å². The summed E-state index contributed by atoms with van der Waals surface area (Å²) in [5, 5.41) is 0.565. The first-order valence-electron chi connectivity index (χ1n) is 10.6. The van der Waals surface area contributed by atoms with Crippen molar-refractivity contribution in [1.29, 1.82) is 0 Å². The summed E-state index contributed by atoms with van der Waals surface area (Å²) in [5.74, 6) is -2.73. The molecule has 1 aromatic heterocycles. The summed E-state index contributed by atoms with van der Waals surface area (Å²) in [6.07, 6.45) is 6.63. The van der Waals surface area contributed by atoms with Crippen molar-refractivity contribution in [2.24, 2.45) is 0 Å². The van der Waals surface area contributed by atoms with E-state index < -0.39 is 27.6 Å². The van der Waals surface area contributed by atoms with E-state index in [0.29, 0.717) is 17.3 Å². The van der Waals surface area contributed by atoms with E-state index in [0.717, 1.165) is 24.0 Å². The molecule has 1 aliphatic rings. The van der Waals surface area contributed by atoms with Crippen LogP contribution in [0.3, 0.4) is 0 Å². The third-order valence-corrected chi connectivity index (χ3v) is 6.20. The van der Waals surface area contributed by atoms with Gasteiger partial charge >= 0.3 is 0 Å². The molecule has 1 N–H and O–H groups in total. The highest BCUT2D eigenvalue weighted by Crippen LogP contribution is 2.36. The number of nitrogens with one attached hydrogen (secondary N) is 1. The number of Topliss-reactive ketones (excluding diaryl/α,β-unsaturated/α-hetero) is 1. The molecule has 0 saturated carbocycles. The van der Waals surface area contributed by atoms with Gasteiger partial charge < -0.3 is 4.57 Å². The molecule has 0 fully saturated rings. The van der Waals surface area contributed by atoms with Gasteiger partial charge in [0.25, 0.3) is 5.91 Å². The van der Waals surface area contributed by atoms with Crippen molar-refractivity contribution in [1.82, 2.24) is 9.29 Å². The van der Waals surface area contributed by atoms with E-state index in [-0.39, 0.29) is 41.1 Å². The Morgan fingerprint density at radius 2 is 1.91 bits per heavy atom. The van der Waals surface area contributed by atoms with Gasteiger partial charge in [-0.15, -0.1) is 0 Å². The Labute approximate surface area is 195 Å². The number of allylic oxidation sites excluding steroid dienone is 4. The average molecular weight is 485 g/mol. The van der Waals surface area contributed by atoms with Crippen LogP contribution in [0.5, 0.6) is 0 Å². The first-order chi connectivity index (χ1) is 16.1. The van der Waals surface area contributed by atoms with E-state index >= 15 is 0 Å². The van der Waals surface area contributed by atoms with Crippen molar-refractivity contribution >= 4 is 38.2 Å². The minimum Gasteiger partial charge on any atom is -0.331 e. The van der Waals surface area contributed by atoms with Crippen molar-refractivity contribution < 1.29 is 26.8 Å². The van der Waals surface area contributed by atoms with E-state index in [1.807, 2.05) is 23.8 Å². The van der Waals surface area contributed by atoms with Gasteiger partial charge in [0.2, 0.25) is 10.0 Å². The van der Waals surface area contributed by atoms with Crippen molar-refractivity contribution in [2.45, 2.75) is 26.3 Å². The lowest BCUT2D eigenvalue weighted by molar-refractivity contribution is -0.113. The van der Waals surface area contributed by atoms with Gasteiger partial charge in [-0.2, -0.15) is 0 Å². The minimum atomic E-state index is -3.94. The number of benzene rings is 2. The average Bonchev–Trinajstić information content (AvgIpc) is 3.08. The predicted octanol–water partition coefficient (Wildman–Crippen LogP) is 4.13. The number of rotatable bonds is 6. The first kappa shape index (κ1) is 23.6. The van der Waals surface area contributed by atoms with Gasteiger partial charge in [-0.1, -0.05) is 37.3 Å². The second-order valence-electron chi connectivity index (χ2n) is 8.09. The standard InChI is InChI=1S/C25H22F2N2O4S/c1-3-15-8-11-21-19(12-15)23(18-6-4-5-7-22(18)30)24(25(31)28-34(2,32)33)29(21)14-16-9-10-17(26)13-20(16)27/h4-6,8-13H,3,7,14H2,1-2H3,(H,28,31). The highest BCUT2D eigenvalue weighted by molar-refractivity contribution is 7.89. The van der Waals surface area contributed by atoms with E-state index in [1.54, 1.807) is 24.3 Å². The molecule has 0 saturated heterocycles. The molecule has 2 aromatic carbocycles. The van der Waals surface area contributed by atoms with Crippen LogP contribution < -0.4 is 4.72 Å². The largest absolute Gasteiger partial charge is 0.331 e. The Bertz CT molecular complexity index is 1500. The van der Waals surface area contributed by atoms with E-state index in [9.17, 15) is 26.8 Å². The van der Waals surface area contributed by atoms with Crippen LogP contribution in [-0.4, -0.2) is 30.9 Å². The normalized spacial score (nSPS) is 13.9. The number of sulfonamides is 1. The minimum absolute atomic E-state index is 0.0905. The highest BCUT2D eigenvalue weighted by atomic mass is 32.2. The van der Waals surface area contributed by atoms with Crippen LogP contribution in [0.15, 0.2) is 54.6 Å². The highest BCUT2D eigenvalue weighted by Gasteiger charge is 2.30. The molecular formula is C25H22F2N2O4S. The molecular weight excluding hydrogens is 462 g/mol. The van der Waals surface area contributed by atoms with Gasteiger partial charge in [-0.05, 0) is 30.2 Å². The number of halogens is 2. The van der Waals surface area contributed by atoms with Crippen LogP contribution in [0.4, 0.5) is 8.78 Å². The number of amides is 1. The Balaban J connectivity index is 2.07. The summed E-state index contributed by atoms with van der Waals surface area (Å²) in [6, 6.07) is 8.55. The summed E-state index contributed by atoms with van der Waals surface area (Å²) in [4.78, 5) is 26.1. The van der Waals surface area contributed by atoms with E-state index in [2.05, 4.69) is 0 Å². The maximum absolute atomic E-state index is 14.6. The molecule has 1 heterocycles. The number of aromatic nitrogens is 1. The Kier molecular flexibility index (Phi) is 6.22. The number of nitrogens with zero attached hydrogens (tertiary/aromatic N) is 1. The molecule has 6 nitrogen and oxygen atoms in total. The lowest BCUT2D eigenvalue weighted by Crippen LogP contribution is -2.32. The number of hydrogen-bond donors (Lipinski definition) is 1. The molecule has 0 aliphatic heterocycles. The monoisotopic (exact) mass is 484 g/mol. The summed E-state index contributed by atoms with van der Waals surface area (Å²) in [7, 11) is -3.94. The number of carbonyl (C=O) groups excluding carboxylic acids is 2. The third-order valence-electron chi connectivity index (χ3n) is 5.64. The Morgan fingerprint density at radius 3 is 2.56 bits per heavy atom. The quantitative estimate of drug-likeness (QED) is 0.570. The summed E-state index contributed by atoms with van der Waals surface area (Å²) < 4.78 is 55.3. The SMILES string of the molecule is CCc1ccc2c(c1)c(C1=CC=CCC1=O)c(C(=O)NS(C)(=O)=O)n2Cc1ccc(F)cc1F. The predicted molar refractivity (Wildman–Crippen MR) is 126 cm³/mol. The molecule has 34 heavy (non-hydrogen) atoms. The van der Waals surface area contributed by atoms with Crippen LogP contribution in [0.25, 0.3) is 16.5 Å². The molecule has 4 rings (SSSR count). The van der Waals surface area contributed by atoms with Gasteiger partial charge in [0.1, 0.15) is 17.3 Å². The van der Waals surface area contributed by atoms with Gasteiger partial charge in [-0.25, -0.2) is 21.9 Å². The van der Waals surface area contributed by atoms with Crippen LogP contribution in [0, 0.1) is 11.6 Å². The van der Waals surface area contributed by atoms with Gasteiger partial charge in [0.05, 0.1) is 12.8 Å². The molecule has 0 atom stereocenters. The molecule has 0 bridgehead atoms. The number of hydrogen-bond acceptors (Lipinski definition) is 4. The van der Waals surface area contributed by atoms with Gasteiger partial charge in [-0.3, -0.25) is 9.59 Å². The van der Waals surface area contributed by atoms with Crippen LogP contribution in [-0.2, 0) is 27.8 Å². The fourth-order valence-corrected chi connectivity index (χ4v) is 4.53. The van der Waals surface area contributed by atoms with Crippen LogP contribution in [0.1, 0.15) is 40.5 Å². The molecule has 0 radical (unpaired) electrons.